The van der Waals surface area contributed by atoms with Crippen LogP contribution in [0.3, 0.4) is 0 Å². The highest BCUT2D eigenvalue weighted by Crippen LogP contribution is 2.43. The first-order valence-corrected chi connectivity index (χ1v) is 8.42. The molecule has 0 bridgehead atoms. The number of hydrogen-bond donors (Lipinski definition) is 0. The van der Waals surface area contributed by atoms with Crippen molar-refractivity contribution < 1.29 is 0 Å². The van der Waals surface area contributed by atoms with Crippen molar-refractivity contribution in [2.24, 2.45) is 0 Å². The first kappa shape index (κ1) is 16.9. The van der Waals surface area contributed by atoms with Crippen molar-refractivity contribution >= 4 is 58.0 Å². The van der Waals surface area contributed by atoms with Crippen molar-refractivity contribution in [3.8, 4) is 22.4 Å². The Kier molecular flexibility index (Phi) is 5.05. The minimum Gasteiger partial charge on any atom is -0.254 e. The van der Waals surface area contributed by atoms with Crippen LogP contribution in [-0.4, -0.2) is 4.98 Å². The first-order chi connectivity index (χ1) is 11.0. The van der Waals surface area contributed by atoms with E-state index in [-0.39, 0.29) is 0 Å². The van der Waals surface area contributed by atoms with Crippen LogP contribution in [0, 0.1) is 0 Å². The van der Waals surface area contributed by atoms with Gasteiger partial charge in [0.05, 0.1) is 20.8 Å². The summed E-state index contributed by atoms with van der Waals surface area (Å²) in [6.45, 7) is 0. The Balaban J connectivity index is 2.37. The summed E-state index contributed by atoms with van der Waals surface area (Å²) in [6.07, 6.45) is 1.53. The molecule has 1 heterocycles. The molecule has 0 amide bonds. The summed E-state index contributed by atoms with van der Waals surface area (Å²) in [4.78, 5) is 4.41. The smallest absolute Gasteiger partial charge is 0.0812 e. The van der Waals surface area contributed by atoms with Gasteiger partial charge in [-0.15, -0.1) is 0 Å². The summed E-state index contributed by atoms with van der Waals surface area (Å²) < 4.78 is 0. The number of benzene rings is 2. The quantitative estimate of drug-likeness (QED) is 0.427. The van der Waals surface area contributed by atoms with Crippen LogP contribution in [0.15, 0.2) is 48.7 Å². The summed E-state index contributed by atoms with van der Waals surface area (Å²) in [7, 11) is 0. The molecule has 1 nitrogen and oxygen atoms in total. The van der Waals surface area contributed by atoms with Gasteiger partial charge in [0.15, 0.2) is 0 Å². The van der Waals surface area contributed by atoms with Crippen LogP contribution < -0.4 is 0 Å². The molecule has 0 aliphatic carbocycles. The van der Waals surface area contributed by atoms with E-state index in [4.69, 9.17) is 58.0 Å². The van der Waals surface area contributed by atoms with Crippen LogP contribution in [0.2, 0.25) is 25.1 Å². The Morgan fingerprint density at radius 3 is 1.65 bits per heavy atom. The zero-order chi connectivity index (χ0) is 16.6. The Morgan fingerprint density at radius 1 is 0.652 bits per heavy atom. The van der Waals surface area contributed by atoms with E-state index in [1.165, 1.54) is 6.20 Å². The molecule has 1 aromatic heterocycles. The molecule has 0 N–H and O–H groups in total. The van der Waals surface area contributed by atoms with Crippen molar-refractivity contribution in [2.75, 3.05) is 0 Å². The number of pyridine rings is 1. The molecule has 0 fully saturated rings. The topological polar surface area (TPSA) is 12.9 Å². The highest BCUT2D eigenvalue weighted by atomic mass is 35.5. The second kappa shape index (κ2) is 6.88. The SMILES string of the molecule is Clc1cnc(-c2c(Cl)cccc2Cl)c(-c2c(Cl)cccc2Cl)c1. The van der Waals surface area contributed by atoms with Gasteiger partial charge < -0.3 is 0 Å². The van der Waals surface area contributed by atoms with Crippen molar-refractivity contribution in [1.82, 2.24) is 4.98 Å². The van der Waals surface area contributed by atoms with Gasteiger partial charge in [-0.3, -0.25) is 4.98 Å². The maximum Gasteiger partial charge on any atom is 0.0812 e. The molecule has 6 heteroatoms. The lowest BCUT2D eigenvalue weighted by Crippen LogP contribution is -1.93. The zero-order valence-corrected chi connectivity index (χ0v) is 15.2. The van der Waals surface area contributed by atoms with Crippen molar-refractivity contribution in [2.45, 2.75) is 0 Å². The summed E-state index contributed by atoms with van der Waals surface area (Å²) in [5.41, 5.74) is 2.48. The monoisotopic (exact) mass is 401 g/mol. The van der Waals surface area contributed by atoms with Gasteiger partial charge in [-0.05, 0) is 30.3 Å². The van der Waals surface area contributed by atoms with E-state index in [2.05, 4.69) is 4.98 Å². The second-order valence-corrected chi connectivity index (χ2v) is 6.81. The fourth-order valence-electron chi connectivity index (χ4n) is 2.31. The highest BCUT2D eigenvalue weighted by Gasteiger charge is 2.19. The predicted octanol–water partition coefficient (Wildman–Crippen LogP) is 7.68. The average Bonchev–Trinajstić information content (AvgIpc) is 2.49. The number of hydrogen-bond acceptors (Lipinski definition) is 1. The Hall–Kier alpha value is -0.960. The minimum atomic E-state index is 0.461. The van der Waals surface area contributed by atoms with Gasteiger partial charge in [-0.2, -0.15) is 0 Å². The lowest BCUT2D eigenvalue weighted by atomic mass is 9.99. The molecule has 0 spiro atoms. The molecule has 116 valence electrons. The van der Waals surface area contributed by atoms with E-state index in [1.807, 2.05) is 0 Å². The third-order valence-corrected chi connectivity index (χ3v) is 4.75. The third-order valence-electron chi connectivity index (χ3n) is 3.29. The van der Waals surface area contributed by atoms with Gasteiger partial charge in [0.2, 0.25) is 0 Å². The van der Waals surface area contributed by atoms with Crippen molar-refractivity contribution in [3.63, 3.8) is 0 Å². The van der Waals surface area contributed by atoms with Crippen LogP contribution in [-0.2, 0) is 0 Å². The van der Waals surface area contributed by atoms with E-state index in [0.29, 0.717) is 47.5 Å². The molecule has 23 heavy (non-hydrogen) atoms. The summed E-state index contributed by atoms with van der Waals surface area (Å²) in [5.74, 6) is 0. The van der Waals surface area contributed by atoms with Gasteiger partial charge in [-0.25, -0.2) is 0 Å². The molecular formula is C17H8Cl5N. The van der Waals surface area contributed by atoms with Crippen LogP contribution in [0.25, 0.3) is 22.4 Å². The number of nitrogens with zero attached hydrogens (tertiary/aromatic N) is 1. The van der Waals surface area contributed by atoms with E-state index in [0.717, 1.165) is 0 Å². The van der Waals surface area contributed by atoms with Crippen molar-refractivity contribution in [3.05, 3.63) is 73.8 Å². The summed E-state index contributed by atoms with van der Waals surface area (Å²) in [6, 6.07) is 12.3. The molecule has 0 saturated carbocycles. The van der Waals surface area contributed by atoms with Crippen LogP contribution in [0.5, 0.6) is 0 Å². The molecule has 0 unspecified atom stereocenters. The first-order valence-electron chi connectivity index (χ1n) is 6.53. The predicted molar refractivity (Wildman–Crippen MR) is 100 cm³/mol. The molecular weight excluding hydrogens is 395 g/mol. The lowest BCUT2D eigenvalue weighted by Gasteiger charge is -2.14. The van der Waals surface area contributed by atoms with E-state index < -0.39 is 0 Å². The molecule has 0 saturated heterocycles. The van der Waals surface area contributed by atoms with Crippen molar-refractivity contribution in [1.29, 1.82) is 0 Å². The van der Waals surface area contributed by atoms with E-state index >= 15 is 0 Å². The minimum absolute atomic E-state index is 0.461. The second-order valence-electron chi connectivity index (χ2n) is 4.74. The molecule has 3 aromatic rings. The Labute approximate surface area is 158 Å². The van der Waals surface area contributed by atoms with Crippen LogP contribution >= 0.6 is 58.0 Å². The van der Waals surface area contributed by atoms with Gasteiger partial charge in [-0.1, -0.05) is 70.1 Å². The highest BCUT2D eigenvalue weighted by molar-refractivity contribution is 6.41. The number of rotatable bonds is 2. The average molecular weight is 404 g/mol. The van der Waals surface area contributed by atoms with Crippen LogP contribution in [0.1, 0.15) is 0 Å². The van der Waals surface area contributed by atoms with Gasteiger partial charge in [0, 0.05) is 32.9 Å². The van der Waals surface area contributed by atoms with E-state index in [1.54, 1.807) is 42.5 Å². The molecule has 3 rings (SSSR count). The zero-order valence-electron chi connectivity index (χ0n) is 11.5. The standard InChI is InChI=1S/C17H8Cl5N/c18-9-7-10(15-11(19)3-1-4-12(15)20)17(23-8-9)16-13(21)5-2-6-14(16)22/h1-8H. The summed E-state index contributed by atoms with van der Waals surface area (Å²) in [5, 5.41) is 2.41. The molecule has 2 aromatic carbocycles. The fraction of sp³-hybridized carbons (Fsp3) is 0. The molecule has 0 radical (unpaired) electrons. The molecule has 0 aliphatic rings. The maximum absolute atomic E-state index is 6.33. The van der Waals surface area contributed by atoms with Gasteiger partial charge in [0.1, 0.15) is 0 Å². The maximum atomic E-state index is 6.33. The lowest BCUT2D eigenvalue weighted by molar-refractivity contribution is 1.32. The molecule has 0 atom stereocenters. The third kappa shape index (κ3) is 3.31. The fourth-order valence-corrected chi connectivity index (χ4v) is 3.64. The van der Waals surface area contributed by atoms with Crippen LogP contribution in [0.4, 0.5) is 0 Å². The Bertz CT molecular complexity index is 852. The normalized spacial score (nSPS) is 10.8. The number of aromatic nitrogens is 1. The number of halogens is 5. The van der Waals surface area contributed by atoms with E-state index in [9.17, 15) is 0 Å². The van der Waals surface area contributed by atoms with Gasteiger partial charge >= 0.3 is 0 Å². The van der Waals surface area contributed by atoms with Gasteiger partial charge in [0.25, 0.3) is 0 Å². The molecule has 0 aliphatic heterocycles. The largest absolute Gasteiger partial charge is 0.254 e. The Morgan fingerprint density at radius 2 is 1.13 bits per heavy atom. The summed E-state index contributed by atoms with van der Waals surface area (Å²) >= 11 is 31.4.